The SMILES string of the molecule is CCN(CC)C(=O)C(CN)Cc1c(C)nn(C)c1OC. The van der Waals surface area contributed by atoms with Crippen LogP contribution in [0.15, 0.2) is 0 Å². The lowest BCUT2D eigenvalue weighted by Gasteiger charge is -2.24. The van der Waals surface area contributed by atoms with Gasteiger partial charge in [0.05, 0.1) is 18.7 Å². The first kappa shape index (κ1) is 16.5. The number of nitrogens with zero attached hydrogens (tertiary/aromatic N) is 3. The van der Waals surface area contributed by atoms with Crippen molar-refractivity contribution in [2.75, 3.05) is 26.7 Å². The summed E-state index contributed by atoms with van der Waals surface area (Å²) in [5.41, 5.74) is 7.65. The molecule has 1 heterocycles. The zero-order valence-electron chi connectivity index (χ0n) is 13.1. The van der Waals surface area contributed by atoms with Crippen LogP contribution in [-0.2, 0) is 18.3 Å². The fourth-order valence-electron chi connectivity index (χ4n) is 2.48. The first-order valence-corrected chi connectivity index (χ1v) is 7.05. The number of amides is 1. The predicted molar refractivity (Wildman–Crippen MR) is 78.7 cm³/mol. The van der Waals surface area contributed by atoms with Crippen LogP contribution >= 0.6 is 0 Å². The molecule has 20 heavy (non-hydrogen) atoms. The monoisotopic (exact) mass is 282 g/mol. The Kier molecular flexibility index (Phi) is 6.01. The summed E-state index contributed by atoms with van der Waals surface area (Å²) in [7, 11) is 3.45. The van der Waals surface area contributed by atoms with Crippen molar-refractivity contribution in [1.82, 2.24) is 14.7 Å². The number of ether oxygens (including phenoxy) is 1. The molecule has 1 aromatic heterocycles. The minimum absolute atomic E-state index is 0.0998. The van der Waals surface area contributed by atoms with Crippen molar-refractivity contribution in [3.8, 4) is 5.88 Å². The maximum absolute atomic E-state index is 12.4. The van der Waals surface area contributed by atoms with Crippen molar-refractivity contribution in [1.29, 1.82) is 0 Å². The molecule has 6 nitrogen and oxygen atoms in total. The molecule has 1 rings (SSSR count). The third-order valence-corrected chi connectivity index (χ3v) is 3.64. The highest BCUT2D eigenvalue weighted by molar-refractivity contribution is 5.79. The molecule has 0 aliphatic carbocycles. The lowest BCUT2D eigenvalue weighted by atomic mass is 9.98. The minimum atomic E-state index is -0.230. The Morgan fingerprint density at radius 3 is 2.50 bits per heavy atom. The van der Waals surface area contributed by atoms with E-state index in [1.54, 1.807) is 11.8 Å². The molecule has 1 amide bonds. The number of hydrogen-bond acceptors (Lipinski definition) is 4. The van der Waals surface area contributed by atoms with Crippen LogP contribution in [0.25, 0.3) is 0 Å². The van der Waals surface area contributed by atoms with Crippen molar-refractivity contribution in [2.24, 2.45) is 18.7 Å². The number of nitrogens with two attached hydrogens (primary N) is 1. The van der Waals surface area contributed by atoms with Crippen LogP contribution < -0.4 is 10.5 Å². The lowest BCUT2D eigenvalue weighted by molar-refractivity contribution is -0.134. The largest absolute Gasteiger partial charge is 0.481 e. The zero-order valence-corrected chi connectivity index (χ0v) is 13.1. The Morgan fingerprint density at radius 1 is 1.45 bits per heavy atom. The molecule has 0 aliphatic rings. The Morgan fingerprint density at radius 2 is 2.05 bits per heavy atom. The third kappa shape index (κ3) is 3.30. The van der Waals surface area contributed by atoms with Crippen molar-refractivity contribution in [2.45, 2.75) is 27.2 Å². The molecule has 0 aliphatic heterocycles. The number of carbonyl (C=O) groups excluding carboxylic acids is 1. The molecule has 0 radical (unpaired) electrons. The van der Waals surface area contributed by atoms with E-state index in [9.17, 15) is 4.79 Å². The Labute approximate surface area is 120 Å². The number of rotatable bonds is 7. The zero-order chi connectivity index (χ0) is 15.3. The van der Waals surface area contributed by atoms with Gasteiger partial charge in [0.25, 0.3) is 0 Å². The summed E-state index contributed by atoms with van der Waals surface area (Å²) in [5, 5.41) is 4.34. The molecule has 0 saturated heterocycles. The molecule has 1 atom stereocenters. The summed E-state index contributed by atoms with van der Waals surface area (Å²) in [4.78, 5) is 14.3. The van der Waals surface area contributed by atoms with Gasteiger partial charge in [0.15, 0.2) is 0 Å². The number of aryl methyl sites for hydroxylation is 2. The summed E-state index contributed by atoms with van der Waals surface area (Å²) in [6, 6.07) is 0. The van der Waals surface area contributed by atoms with E-state index >= 15 is 0 Å². The highest BCUT2D eigenvalue weighted by Gasteiger charge is 2.25. The van der Waals surface area contributed by atoms with Crippen LogP contribution in [0.2, 0.25) is 0 Å². The summed E-state index contributed by atoms with van der Waals surface area (Å²) in [6.07, 6.45) is 0.564. The fourth-order valence-corrected chi connectivity index (χ4v) is 2.48. The molecule has 6 heteroatoms. The summed E-state index contributed by atoms with van der Waals surface area (Å²) < 4.78 is 7.06. The van der Waals surface area contributed by atoms with Crippen molar-refractivity contribution in [3.63, 3.8) is 0 Å². The second-order valence-corrected chi connectivity index (χ2v) is 4.84. The molecule has 0 bridgehead atoms. The average molecular weight is 282 g/mol. The van der Waals surface area contributed by atoms with E-state index in [1.807, 2.05) is 32.7 Å². The van der Waals surface area contributed by atoms with Crippen LogP contribution in [-0.4, -0.2) is 47.3 Å². The average Bonchev–Trinajstić information content (AvgIpc) is 2.70. The van der Waals surface area contributed by atoms with Gasteiger partial charge in [-0.2, -0.15) is 5.10 Å². The summed E-state index contributed by atoms with van der Waals surface area (Å²) >= 11 is 0. The van der Waals surface area contributed by atoms with E-state index in [-0.39, 0.29) is 11.8 Å². The molecular formula is C14H26N4O2. The van der Waals surface area contributed by atoms with Crippen molar-refractivity contribution < 1.29 is 9.53 Å². The second-order valence-electron chi connectivity index (χ2n) is 4.84. The molecular weight excluding hydrogens is 256 g/mol. The quantitative estimate of drug-likeness (QED) is 0.800. The van der Waals surface area contributed by atoms with E-state index in [2.05, 4.69) is 5.10 Å². The Hall–Kier alpha value is -1.56. The molecule has 1 aromatic rings. The van der Waals surface area contributed by atoms with Gasteiger partial charge in [0.2, 0.25) is 11.8 Å². The predicted octanol–water partition coefficient (Wildman–Crippen LogP) is 0.723. The van der Waals surface area contributed by atoms with Crippen molar-refractivity contribution in [3.05, 3.63) is 11.3 Å². The lowest BCUT2D eigenvalue weighted by Crippen LogP contribution is -2.40. The normalized spacial score (nSPS) is 12.3. The summed E-state index contributed by atoms with van der Waals surface area (Å²) in [6.45, 7) is 7.61. The Bertz CT molecular complexity index is 452. The molecule has 1 unspecified atom stereocenters. The van der Waals surface area contributed by atoms with Crippen molar-refractivity contribution >= 4 is 5.91 Å². The summed E-state index contributed by atoms with van der Waals surface area (Å²) in [5.74, 6) is 0.572. The van der Waals surface area contributed by atoms with Crippen LogP contribution in [0.1, 0.15) is 25.1 Å². The number of hydrogen-bond donors (Lipinski definition) is 1. The first-order chi connectivity index (χ1) is 9.49. The van der Waals surface area contributed by atoms with Gasteiger partial charge in [0, 0.05) is 32.2 Å². The van der Waals surface area contributed by atoms with Gasteiger partial charge in [0.1, 0.15) is 0 Å². The van der Waals surface area contributed by atoms with Gasteiger partial charge >= 0.3 is 0 Å². The number of aromatic nitrogens is 2. The highest BCUT2D eigenvalue weighted by Crippen LogP contribution is 2.24. The van der Waals surface area contributed by atoms with Gasteiger partial charge in [-0.15, -0.1) is 0 Å². The molecule has 0 aromatic carbocycles. The topological polar surface area (TPSA) is 73.4 Å². The molecule has 0 saturated carbocycles. The van der Waals surface area contributed by atoms with Gasteiger partial charge in [-0.3, -0.25) is 4.79 Å². The first-order valence-electron chi connectivity index (χ1n) is 7.05. The third-order valence-electron chi connectivity index (χ3n) is 3.64. The maximum Gasteiger partial charge on any atom is 0.227 e. The molecule has 0 fully saturated rings. The standard InChI is InChI=1S/C14H26N4O2/c1-6-18(7-2)13(19)11(9-15)8-12-10(3)16-17(4)14(12)20-5/h11H,6-9,15H2,1-5H3. The highest BCUT2D eigenvalue weighted by atomic mass is 16.5. The Balaban J connectivity index is 2.97. The van der Waals surface area contributed by atoms with Crippen LogP contribution in [0, 0.1) is 12.8 Å². The van der Waals surface area contributed by atoms with Gasteiger partial charge in [-0.1, -0.05) is 0 Å². The minimum Gasteiger partial charge on any atom is -0.481 e. The molecule has 2 N–H and O–H groups in total. The van der Waals surface area contributed by atoms with E-state index in [0.29, 0.717) is 31.9 Å². The molecule has 0 spiro atoms. The van der Waals surface area contributed by atoms with Crippen LogP contribution in [0.3, 0.4) is 0 Å². The maximum atomic E-state index is 12.4. The van der Waals surface area contributed by atoms with E-state index < -0.39 is 0 Å². The fraction of sp³-hybridized carbons (Fsp3) is 0.714. The van der Waals surface area contributed by atoms with Gasteiger partial charge in [-0.05, 0) is 27.2 Å². The number of methoxy groups -OCH3 is 1. The number of carbonyl (C=O) groups is 1. The van der Waals surface area contributed by atoms with Gasteiger partial charge in [-0.25, -0.2) is 4.68 Å². The second kappa shape index (κ2) is 7.28. The van der Waals surface area contributed by atoms with E-state index in [4.69, 9.17) is 10.5 Å². The van der Waals surface area contributed by atoms with E-state index in [1.165, 1.54) is 0 Å². The van der Waals surface area contributed by atoms with Crippen LogP contribution in [0.5, 0.6) is 5.88 Å². The molecule has 114 valence electrons. The van der Waals surface area contributed by atoms with Crippen LogP contribution in [0.4, 0.5) is 0 Å². The van der Waals surface area contributed by atoms with E-state index in [0.717, 1.165) is 11.3 Å². The van der Waals surface area contributed by atoms with Gasteiger partial charge < -0.3 is 15.4 Å². The smallest absolute Gasteiger partial charge is 0.227 e.